The van der Waals surface area contributed by atoms with Crippen molar-refractivity contribution >= 4 is 5.91 Å². The molecule has 0 aliphatic heterocycles. The second-order valence-corrected chi connectivity index (χ2v) is 3.41. The number of carbonyl (C=O) groups excluding carboxylic acids is 1. The van der Waals surface area contributed by atoms with Crippen molar-refractivity contribution in [3.63, 3.8) is 0 Å². The fraction of sp³-hybridized carbons (Fsp3) is 0.556. The van der Waals surface area contributed by atoms with Crippen molar-refractivity contribution < 1.29 is 9.53 Å². The van der Waals surface area contributed by atoms with Gasteiger partial charge in [0.25, 0.3) is 0 Å². The maximum atomic E-state index is 10.8. The second kappa shape index (κ2) is 4.31. The van der Waals surface area contributed by atoms with E-state index >= 15 is 0 Å². The molecule has 1 aromatic rings. The van der Waals surface area contributed by atoms with Crippen LogP contribution >= 0.6 is 0 Å². The van der Waals surface area contributed by atoms with Crippen LogP contribution < -0.4 is 16.2 Å². The highest BCUT2D eigenvalue weighted by Gasteiger charge is 2.21. The number of aromatic nitrogens is 2. The van der Waals surface area contributed by atoms with Gasteiger partial charge in [-0.1, -0.05) is 0 Å². The maximum absolute atomic E-state index is 10.8. The molecule has 84 valence electrons. The number of carbonyl (C=O) groups is 1. The first-order valence-electron chi connectivity index (χ1n) is 4.58. The third-order valence-electron chi connectivity index (χ3n) is 2.20. The molecular formula is C9H16N4O2. The average molecular weight is 212 g/mol. The number of aryl methyl sites for hydroxylation is 2. The van der Waals surface area contributed by atoms with E-state index in [-0.39, 0.29) is 6.42 Å². The van der Waals surface area contributed by atoms with Gasteiger partial charge in [0.1, 0.15) is 0 Å². The van der Waals surface area contributed by atoms with Crippen molar-refractivity contribution in [1.82, 2.24) is 9.78 Å². The lowest BCUT2D eigenvalue weighted by Gasteiger charge is -2.11. The summed E-state index contributed by atoms with van der Waals surface area (Å²) < 4.78 is 6.76. The zero-order chi connectivity index (χ0) is 11.6. The number of nitrogens with zero attached hydrogens (tertiary/aromatic N) is 2. The van der Waals surface area contributed by atoms with Crippen molar-refractivity contribution in [3.8, 4) is 5.88 Å². The summed E-state index contributed by atoms with van der Waals surface area (Å²) in [5.41, 5.74) is 12.4. The lowest BCUT2D eigenvalue weighted by Crippen LogP contribution is -2.21. The van der Waals surface area contributed by atoms with Gasteiger partial charge in [0.05, 0.1) is 18.4 Å². The van der Waals surface area contributed by atoms with Gasteiger partial charge in [-0.25, -0.2) is 4.68 Å². The van der Waals surface area contributed by atoms with Gasteiger partial charge < -0.3 is 16.2 Å². The molecule has 0 radical (unpaired) electrons. The first-order chi connectivity index (χ1) is 6.97. The zero-order valence-corrected chi connectivity index (χ0v) is 9.15. The minimum Gasteiger partial charge on any atom is -0.481 e. The van der Waals surface area contributed by atoms with Gasteiger partial charge in [0.15, 0.2) is 0 Å². The number of nitrogens with two attached hydrogens (primary N) is 2. The third kappa shape index (κ3) is 2.27. The van der Waals surface area contributed by atoms with E-state index < -0.39 is 11.9 Å². The predicted octanol–water partition coefficient (Wildman–Crippen LogP) is -0.388. The number of methoxy groups -OCH3 is 1. The molecule has 0 aliphatic rings. The Morgan fingerprint density at radius 2 is 2.27 bits per heavy atom. The third-order valence-corrected chi connectivity index (χ3v) is 2.20. The van der Waals surface area contributed by atoms with Gasteiger partial charge in [0, 0.05) is 19.5 Å². The molecule has 4 N–H and O–H groups in total. The molecule has 0 saturated heterocycles. The largest absolute Gasteiger partial charge is 0.481 e. The molecule has 1 unspecified atom stereocenters. The number of primary amides is 1. The minimum absolute atomic E-state index is 0.0862. The van der Waals surface area contributed by atoms with Crippen LogP contribution in [0.25, 0.3) is 0 Å². The lowest BCUT2D eigenvalue weighted by atomic mass is 10.1. The van der Waals surface area contributed by atoms with Crippen LogP contribution in [0.4, 0.5) is 0 Å². The molecule has 1 rings (SSSR count). The lowest BCUT2D eigenvalue weighted by molar-refractivity contribution is -0.118. The molecule has 0 bridgehead atoms. The Kier molecular flexibility index (Phi) is 3.31. The summed E-state index contributed by atoms with van der Waals surface area (Å²) in [7, 11) is 3.29. The Bertz CT molecular complexity index is 372. The van der Waals surface area contributed by atoms with Crippen LogP contribution in [0, 0.1) is 6.92 Å². The van der Waals surface area contributed by atoms with E-state index in [0.29, 0.717) is 5.88 Å². The number of hydrogen-bond acceptors (Lipinski definition) is 4. The van der Waals surface area contributed by atoms with Gasteiger partial charge >= 0.3 is 0 Å². The molecule has 1 amide bonds. The molecular weight excluding hydrogens is 196 g/mol. The summed E-state index contributed by atoms with van der Waals surface area (Å²) in [6, 6.07) is -0.467. The van der Waals surface area contributed by atoms with Crippen LogP contribution in [-0.4, -0.2) is 22.8 Å². The van der Waals surface area contributed by atoms with Crippen molar-refractivity contribution in [1.29, 1.82) is 0 Å². The molecule has 6 heteroatoms. The molecule has 15 heavy (non-hydrogen) atoms. The van der Waals surface area contributed by atoms with Gasteiger partial charge in [-0.05, 0) is 6.92 Å². The molecule has 0 aromatic carbocycles. The predicted molar refractivity (Wildman–Crippen MR) is 55.2 cm³/mol. The molecule has 0 spiro atoms. The molecule has 0 aliphatic carbocycles. The van der Waals surface area contributed by atoms with Gasteiger partial charge in [-0.15, -0.1) is 0 Å². The molecule has 0 saturated carbocycles. The highest BCUT2D eigenvalue weighted by molar-refractivity contribution is 5.74. The van der Waals surface area contributed by atoms with Crippen molar-refractivity contribution in [3.05, 3.63) is 11.3 Å². The Balaban J connectivity index is 3.06. The van der Waals surface area contributed by atoms with Crippen LogP contribution in [0.15, 0.2) is 0 Å². The van der Waals surface area contributed by atoms with E-state index in [4.69, 9.17) is 16.2 Å². The van der Waals surface area contributed by atoms with Crippen molar-refractivity contribution in [2.24, 2.45) is 18.5 Å². The fourth-order valence-electron chi connectivity index (χ4n) is 1.64. The summed E-state index contributed by atoms with van der Waals surface area (Å²) >= 11 is 0. The minimum atomic E-state index is -0.467. The number of hydrogen-bond donors (Lipinski definition) is 2. The maximum Gasteiger partial charge on any atom is 0.219 e. The highest BCUT2D eigenvalue weighted by Crippen LogP contribution is 2.27. The van der Waals surface area contributed by atoms with Gasteiger partial charge in [-0.3, -0.25) is 4.79 Å². The molecule has 6 nitrogen and oxygen atoms in total. The fourth-order valence-corrected chi connectivity index (χ4v) is 1.64. The van der Waals surface area contributed by atoms with Crippen molar-refractivity contribution in [2.75, 3.05) is 7.11 Å². The molecule has 1 aromatic heterocycles. The monoisotopic (exact) mass is 212 g/mol. The summed E-state index contributed by atoms with van der Waals surface area (Å²) in [4.78, 5) is 10.8. The van der Waals surface area contributed by atoms with E-state index in [2.05, 4.69) is 5.10 Å². The Hall–Kier alpha value is -1.56. The highest BCUT2D eigenvalue weighted by atomic mass is 16.5. The summed E-state index contributed by atoms with van der Waals surface area (Å²) in [6.45, 7) is 1.82. The summed E-state index contributed by atoms with van der Waals surface area (Å²) in [6.07, 6.45) is 0.0862. The topological polar surface area (TPSA) is 96.2 Å². The van der Waals surface area contributed by atoms with E-state index in [1.165, 1.54) is 7.11 Å². The van der Waals surface area contributed by atoms with Crippen LogP contribution in [0.2, 0.25) is 0 Å². The number of rotatable bonds is 4. The normalized spacial score (nSPS) is 12.5. The van der Waals surface area contributed by atoms with E-state index in [0.717, 1.165) is 11.3 Å². The van der Waals surface area contributed by atoms with Crippen LogP contribution in [-0.2, 0) is 11.8 Å². The second-order valence-electron chi connectivity index (χ2n) is 3.41. The Morgan fingerprint density at radius 1 is 1.67 bits per heavy atom. The van der Waals surface area contributed by atoms with Crippen LogP contribution in [0.3, 0.4) is 0 Å². The van der Waals surface area contributed by atoms with Gasteiger partial charge in [0.2, 0.25) is 11.8 Å². The summed E-state index contributed by atoms with van der Waals surface area (Å²) in [5.74, 6) is 0.133. The zero-order valence-electron chi connectivity index (χ0n) is 9.15. The van der Waals surface area contributed by atoms with E-state index in [9.17, 15) is 4.79 Å². The number of ether oxygens (including phenoxy) is 1. The Labute approximate surface area is 88.2 Å². The Morgan fingerprint density at radius 3 is 2.73 bits per heavy atom. The summed E-state index contributed by atoms with van der Waals surface area (Å²) in [5, 5.41) is 4.17. The molecule has 1 heterocycles. The first-order valence-corrected chi connectivity index (χ1v) is 4.58. The van der Waals surface area contributed by atoms with E-state index in [1.54, 1.807) is 11.7 Å². The molecule has 0 fully saturated rings. The quantitative estimate of drug-likeness (QED) is 0.710. The standard InChI is InChI=1S/C9H16N4O2/c1-5-8(6(10)4-7(11)14)9(15-3)13(2)12-5/h6H,4,10H2,1-3H3,(H2,11,14). The SMILES string of the molecule is COc1c(C(N)CC(N)=O)c(C)nn1C. The van der Waals surface area contributed by atoms with E-state index in [1.807, 2.05) is 6.92 Å². The average Bonchev–Trinajstić information content (AvgIpc) is 2.38. The number of amides is 1. The van der Waals surface area contributed by atoms with Gasteiger partial charge in [-0.2, -0.15) is 5.10 Å². The first kappa shape index (κ1) is 11.5. The van der Waals surface area contributed by atoms with Crippen LogP contribution in [0.5, 0.6) is 5.88 Å². The molecule has 1 atom stereocenters. The van der Waals surface area contributed by atoms with Crippen LogP contribution in [0.1, 0.15) is 23.7 Å². The van der Waals surface area contributed by atoms with Crippen molar-refractivity contribution in [2.45, 2.75) is 19.4 Å². The smallest absolute Gasteiger partial charge is 0.219 e.